The quantitative estimate of drug-likeness (QED) is 0.393. The van der Waals surface area contributed by atoms with Gasteiger partial charge in [-0.25, -0.2) is 9.97 Å². The van der Waals surface area contributed by atoms with Crippen molar-refractivity contribution in [3.05, 3.63) is 83.7 Å². The molecule has 0 amide bonds. The van der Waals surface area contributed by atoms with Gasteiger partial charge in [-0.05, 0) is 36.8 Å². The molecule has 0 spiro atoms. The van der Waals surface area contributed by atoms with Crippen molar-refractivity contribution < 1.29 is 5.11 Å². The molecule has 1 unspecified atom stereocenters. The molecule has 0 saturated heterocycles. The summed E-state index contributed by atoms with van der Waals surface area (Å²) in [7, 11) is 0. The molecule has 4 heterocycles. The summed E-state index contributed by atoms with van der Waals surface area (Å²) in [6.45, 7) is 1.73. The number of nitrogens with zero attached hydrogens (tertiary/aromatic N) is 4. The van der Waals surface area contributed by atoms with Gasteiger partial charge in [-0.3, -0.25) is 10.1 Å². The fraction of sp³-hybridized carbons (Fsp3) is 0.0909. The second-order valence-corrected chi connectivity index (χ2v) is 8.32. The minimum atomic E-state index is -0.475. The second-order valence-electron chi connectivity index (χ2n) is 6.35. The molecule has 0 aliphatic heterocycles. The number of rotatable bonds is 4. The van der Waals surface area contributed by atoms with E-state index in [9.17, 15) is 5.11 Å². The molecule has 0 radical (unpaired) electrons. The molecular weight excluding hydrogens is 414 g/mol. The summed E-state index contributed by atoms with van der Waals surface area (Å²) in [6.07, 6.45) is 4.63. The third-order valence-electron chi connectivity index (χ3n) is 4.17. The summed E-state index contributed by atoms with van der Waals surface area (Å²) in [6, 6.07) is 18.1. The highest BCUT2D eigenvalue weighted by atomic mass is 32.1. The van der Waals surface area contributed by atoms with E-state index in [1.165, 1.54) is 28.1 Å². The van der Waals surface area contributed by atoms with Crippen LogP contribution in [0.1, 0.15) is 18.0 Å². The van der Waals surface area contributed by atoms with E-state index in [0.717, 1.165) is 27.0 Å². The van der Waals surface area contributed by atoms with Crippen LogP contribution in [-0.4, -0.2) is 30.3 Å². The number of benzene rings is 1. The van der Waals surface area contributed by atoms with E-state index in [2.05, 4.69) is 31.2 Å². The Bertz CT molecular complexity index is 1170. The Morgan fingerprint density at radius 2 is 1.70 bits per heavy atom. The molecule has 0 aliphatic carbocycles. The van der Waals surface area contributed by atoms with Crippen LogP contribution in [-0.2, 0) is 0 Å². The number of aromatic nitrogens is 5. The van der Waals surface area contributed by atoms with Crippen LogP contribution < -0.4 is 0 Å². The van der Waals surface area contributed by atoms with Gasteiger partial charge in [-0.15, -0.1) is 22.7 Å². The largest absolute Gasteiger partial charge is 0.386 e. The molecule has 4 aromatic heterocycles. The van der Waals surface area contributed by atoms with Crippen molar-refractivity contribution in [2.45, 2.75) is 13.0 Å². The Kier molecular flexibility index (Phi) is 6.38. The molecule has 0 aliphatic rings. The molecule has 5 rings (SSSR count). The van der Waals surface area contributed by atoms with Crippen molar-refractivity contribution in [2.75, 3.05) is 0 Å². The van der Waals surface area contributed by atoms with Crippen molar-refractivity contribution in [3.8, 4) is 32.4 Å². The molecule has 1 aromatic carbocycles. The third kappa shape index (κ3) is 4.85. The molecule has 5 aromatic rings. The van der Waals surface area contributed by atoms with Crippen LogP contribution in [0.3, 0.4) is 0 Å². The zero-order valence-electron chi connectivity index (χ0n) is 16.1. The van der Waals surface area contributed by atoms with Gasteiger partial charge in [0.25, 0.3) is 0 Å². The summed E-state index contributed by atoms with van der Waals surface area (Å²) in [5, 5.41) is 18.8. The summed E-state index contributed by atoms with van der Waals surface area (Å²) in [4.78, 5) is 14.8. The molecular formula is C22H19N5OS2. The molecule has 0 fully saturated rings. The number of aromatic amines is 1. The van der Waals surface area contributed by atoms with Gasteiger partial charge >= 0.3 is 0 Å². The van der Waals surface area contributed by atoms with Crippen LogP contribution in [0.2, 0.25) is 0 Å². The zero-order valence-corrected chi connectivity index (χ0v) is 17.8. The molecule has 0 saturated carbocycles. The normalized spacial score (nSPS) is 11.5. The number of nitrogens with one attached hydrogen (secondary N) is 1. The van der Waals surface area contributed by atoms with Crippen LogP contribution in [0.15, 0.2) is 78.7 Å². The van der Waals surface area contributed by atoms with Gasteiger partial charge in [0.1, 0.15) is 17.4 Å². The Hall–Kier alpha value is -3.20. The molecule has 1 atom stereocenters. The first kappa shape index (κ1) is 20.1. The number of thiophene rings is 1. The number of aliphatic hydroxyl groups is 1. The van der Waals surface area contributed by atoms with E-state index < -0.39 is 6.10 Å². The fourth-order valence-electron chi connectivity index (χ4n) is 2.68. The molecule has 0 bridgehead atoms. The van der Waals surface area contributed by atoms with Gasteiger partial charge in [0.2, 0.25) is 0 Å². The summed E-state index contributed by atoms with van der Waals surface area (Å²) in [5.41, 5.74) is 3.20. The maximum absolute atomic E-state index is 9.33. The minimum absolute atomic E-state index is 0.475. The van der Waals surface area contributed by atoms with E-state index in [4.69, 9.17) is 0 Å². The molecule has 2 N–H and O–H groups in total. The van der Waals surface area contributed by atoms with E-state index in [0.29, 0.717) is 0 Å². The number of hydrogen-bond donors (Lipinski definition) is 2. The standard InChI is InChI=1S/C11H8N4S.C11H11NOS/c1-2-10(11-13-7-14-15-11)16-9(1)8-3-5-12-6-4-8;1-8(13)11-12-10(7-14-11)9-5-3-2-4-6-9/h1-7H,(H,13,14,15);2-8,13H,1H3. The molecule has 6 nitrogen and oxygen atoms in total. The van der Waals surface area contributed by atoms with Gasteiger partial charge in [0.05, 0.1) is 10.6 Å². The number of thiazole rings is 1. The summed E-state index contributed by atoms with van der Waals surface area (Å²) >= 11 is 3.17. The molecule has 8 heteroatoms. The minimum Gasteiger partial charge on any atom is -0.386 e. The predicted octanol–water partition coefficient (Wildman–Crippen LogP) is 5.46. The van der Waals surface area contributed by atoms with Crippen LogP contribution in [0, 0.1) is 0 Å². The Labute approximate surface area is 182 Å². The van der Waals surface area contributed by atoms with Crippen molar-refractivity contribution >= 4 is 22.7 Å². The Morgan fingerprint density at radius 3 is 2.37 bits per heavy atom. The number of pyridine rings is 1. The lowest BCUT2D eigenvalue weighted by atomic mass is 10.2. The van der Waals surface area contributed by atoms with E-state index in [1.54, 1.807) is 30.7 Å². The van der Waals surface area contributed by atoms with E-state index >= 15 is 0 Å². The summed E-state index contributed by atoms with van der Waals surface area (Å²) < 4.78 is 0. The van der Waals surface area contributed by atoms with Gasteiger partial charge < -0.3 is 5.11 Å². The number of H-pyrrole nitrogens is 1. The smallest absolute Gasteiger partial charge is 0.165 e. The van der Waals surface area contributed by atoms with Gasteiger partial charge in [0, 0.05) is 28.2 Å². The fourth-order valence-corrected chi connectivity index (χ4v) is 4.41. The van der Waals surface area contributed by atoms with Crippen molar-refractivity contribution in [2.24, 2.45) is 0 Å². The maximum atomic E-state index is 9.33. The highest BCUT2D eigenvalue weighted by molar-refractivity contribution is 7.18. The van der Waals surface area contributed by atoms with Gasteiger partial charge in [-0.1, -0.05) is 30.3 Å². The van der Waals surface area contributed by atoms with E-state index in [1.807, 2.05) is 53.9 Å². The van der Waals surface area contributed by atoms with E-state index in [-0.39, 0.29) is 0 Å². The first-order valence-corrected chi connectivity index (χ1v) is 10.9. The molecule has 30 heavy (non-hydrogen) atoms. The lowest BCUT2D eigenvalue weighted by Gasteiger charge is -1.97. The van der Waals surface area contributed by atoms with Gasteiger partial charge in [0.15, 0.2) is 5.82 Å². The number of aliphatic hydroxyl groups excluding tert-OH is 1. The van der Waals surface area contributed by atoms with Crippen LogP contribution in [0.4, 0.5) is 0 Å². The average molecular weight is 434 g/mol. The Balaban J connectivity index is 0.000000147. The molecule has 150 valence electrons. The zero-order chi connectivity index (χ0) is 20.8. The third-order valence-corrected chi connectivity index (χ3v) is 6.32. The predicted molar refractivity (Wildman–Crippen MR) is 121 cm³/mol. The maximum Gasteiger partial charge on any atom is 0.165 e. The highest BCUT2D eigenvalue weighted by Crippen LogP contribution is 2.32. The van der Waals surface area contributed by atoms with Crippen molar-refractivity contribution in [1.29, 1.82) is 0 Å². The van der Waals surface area contributed by atoms with Crippen LogP contribution in [0.25, 0.3) is 32.4 Å². The van der Waals surface area contributed by atoms with Gasteiger partial charge in [-0.2, -0.15) is 5.10 Å². The lowest BCUT2D eigenvalue weighted by Crippen LogP contribution is -1.88. The van der Waals surface area contributed by atoms with Crippen molar-refractivity contribution in [1.82, 2.24) is 25.1 Å². The topological polar surface area (TPSA) is 87.6 Å². The van der Waals surface area contributed by atoms with Crippen LogP contribution in [0.5, 0.6) is 0 Å². The lowest BCUT2D eigenvalue weighted by molar-refractivity contribution is 0.199. The number of hydrogen-bond acceptors (Lipinski definition) is 7. The van der Waals surface area contributed by atoms with Crippen molar-refractivity contribution in [3.63, 3.8) is 0 Å². The second kappa shape index (κ2) is 9.53. The van der Waals surface area contributed by atoms with Crippen LogP contribution >= 0.6 is 22.7 Å². The summed E-state index contributed by atoms with van der Waals surface area (Å²) in [5.74, 6) is 0.810. The Morgan fingerprint density at radius 1 is 0.933 bits per heavy atom. The SMILES string of the molecule is CC(O)c1nc(-c2ccccc2)cs1.c1cc(-c2ccc(-c3ncn[nH]3)s2)ccn1. The monoisotopic (exact) mass is 433 g/mol. The first-order chi connectivity index (χ1) is 14.7. The average Bonchev–Trinajstić information content (AvgIpc) is 3.57. The highest BCUT2D eigenvalue weighted by Gasteiger charge is 2.08. The first-order valence-electron chi connectivity index (χ1n) is 9.25.